The Hall–Kier alpha value is -1.52. The van der Waals surface area contributed by atoms with E-state index in [1.807, 2.05) is 6.07 Å². The van der Waals surface area contributed by atoms with Crippen molar-refractivity contribution >= 4 is 0 Å². The molecule has 1 aromatic rings. The van der Waals surface area contributed by atoms with Crippen molar-refractivity contribution in [2.75, 3.05) is 0 Å². The predicted molar refractivity (Wildman–Crippen MR) is 87.8 cm³/mol. The van der Waals surface area contributed by atoms with Crippen LogP contribution < -0.4 is 0 Å². The van der Waals surface area contributed by atoms with Crippen LogP contribution in [0.3, 0.4) is 0 Å². The Morgan fingerprint density at radius 3 is 2.85 bits per heavy atom. The van der Waals surface area contributed by atoms with Gasteiger partial charge in [0, 0.05) is 0 Å². The van der Waals surface area contributed by atoms with E-state index >= 15 is 0 Å². The summed E-state index contributed by atoms with van der Waals surface area (Å²) >= 11 is 0. The van der Waals surface area contributed by atoms with E-state index in [9.17, 15) is 0 Å². The lowest BCUT2D eigenvalue weighted by Gasteiger charge is -2.13. The van der Waals surface area contributed by atoms with Gasteiger partial charge in [-0.15, -0.1) is 5.73 Å². The number of hydrogen-bond acceptors (Lipinski definition) is 0. The van der Waals surface area contributed by atoms with Gasteiger partial charge in [-0.2, -0.15) is 0 Å². The van der Waals surface area contributed by atoms with E-state index in [0.29, 0.717) is 6.05 Å². The standard InChI is InChI=1S/C20H26/c1-2-19(20-16-10-5-11-17-20)15-9-4-8-14-18-12-6-3-7-13-18/h3,6-7,9,12-13,16H,2,4-5,8,10-11,14,17H2,1H3/i9D. The Morgan fingerprint density at radius 2 is 2.15 bits per heavy atom. The maximum absolute atomic E-state index is 8.15. The molecular weight excluding hydrogens is 240 g/mol. The molecule has 20 heavy (non-hydrogen) atoms. The van der Waals surface area contributed by atoms with Crippen LogP contribution in [0.4, 0.5) is 0 Å². The molecule has 0 N–H and O–H groups in total. The number of aryl methyl sites for hydroxylation is 1. The van der Waals surface area contributed by atoms with E-state index in [2.05, 4.69) is 43.0 Å². The Bertz CT molecular complexity index is 530. The second-order valence-corrected chi connectivity index (χ2v) is 5.45. The van der Waals surface area contributed by atoms with Crippen molar-refractivity contribution in [2.45, 2.75) is 58.3 Å². The van der Waals surface area contributed by atoms with E-state index < -0.39 is 0 Å². The monoisotopic (exact) mass is 267 g/mol. The lowest BCUT2D eigenvalue weighted by atomic mass is 9.92. The first kappa shape index (κ1) is 13.5. The first-order chi connectivity index (χ1) is 10.3. The smallest absolute Gasteiger partial charge is 0.0666 e. The van der Waals surface area contributed by atoms with Crippen LogP contribution in [-0.2, 0) is 6.42 Å². The van der Waals surface area contributed by atoms with Crippen molar-refractivity contribution in [2.24, 2.45) is 0 Å². The summed E-state index contributed by atoms with van der Waals surface area (Å²) in [4.78, 5) is 0. The van der Waals surface area contributed by atoms with Gasteiger partial charge in [-0.05, 0) is 74.1 Å². The summed E-state index contributed by atoms with van der Waals surface area (Å²) in [6.45, 7) is 2.18. The third-order valence-corrected chi connectivity index (χ3v) is 3.88. The summed E-state index contributed by atoms with van der Waals surface area (Å²) in [6, 6.07) is 11.2. The van der Waals surface area contributed by atoms with Crippen LogP contribution in [0, 0.1) is 0 Å². The van der Waals surface area contributed by atoms with Crippen LogP contribution in [0.1, 0.15) is 58.8 Å². The normalized spacial score (nSPS) is 15.1. The molecule has 0 saturated carbocycles. The highest BCUT2D eigenvalue weighted by molar-refractivity contribution is 5.31. The van der Waals surface area contributed by atoms with Gasteiger partial charge in [0.2, 0.25) is 0 Å². The van der Waals surface area contributed by atoms with Crippen molar-refractivity contribution in [3.63, 3.8) is 0 Å². The molecule has 2 rings (SSSR count). The Labute approximate surface area is 125 Å². The highest BCUT2D eigenvalue weighted by Gasteiger charge is 2.06. The summed E-state index contributed by atoms with van der Waals surface area (Å²) in [5, 5.41) is 0. The molecule has 1 aliphatic rings. The summed E-state index contributed by atoms with van der Waals surface area (Å²) in [7, 11) is 0. The van der Waals surface area contributed by atoms with Gasteiger partial charge < -0.3 is 0 Å². The fourth-order valence-corrected chi connectivity index (χ4v) is 2.70. The molecule has 0 atom stereocenters. The van der Waals surface area contributed by atoms with Gasteiger partial charge >= 0.3 is 0 Å². The van der Waals surface area contributed by atoms with Crippen molar-refractivity contribution in [3.8, 4) is 0 Å². The molecule has 0 radical (unpaired) electrons. The van der Waals surface area contributed by atoms with Gasteiger partial charge in [-0.25, -0.2) is 0 Å². The molecule has 106 valence electrons. The van der Waals surface area contributed by atoms with E-state index in [4.69, 9.17) is 1.37 Å². The Kier molecular flexibility index (Phi) is 5.80. The first-order valence-electron chi connectivity index (χ1n) is 8.48. The molecule has 0 amide bonds. The quantitative estimate of drug-likeness (QED) is 0.554. The maximum atomic E-state index is 8.15. The molecule has 0 aliphatic heterocycles. The number of benzene rings is 1. The van der Waals surface area contributed by atoms with Crippen LogP contribution >= 0.6 is 0 Å². The molecule has 1 aliphatic carbocycles. The lowest BCUT2D eigenvalue weighted by Crippen LogP contribution is -1.94. The van der Waals surface area contributed by atoms with Crippen LogP contribution in [-0.4, -0.2) is 0 Å². The minimum Gasteiger partial charge on any atom is -0.121 e. The highest BCUT2D eigenvalue weighted by Crippen LogP contribution is 2.25. The second kappa shape index (κ2) is 8.61. The van der Waals surface area contributed by atoms with E-state index in [1.54, 1.807) is 0 Å². The lowest BCUT2D eigenvalue weighted by molar-refractivity contribution is 0.702. The van der Waals surface area contributed by atoms with E-state index in [1.165, 1.54) is 42.4 Å². The minimum absolute atomic E-state index is 0.661. The van der Waals surface area contributed by atoms with Crippen LogP contribution in [0.2, 0.25) is 0 Å². The third kappa shape index (κ3) is 4.87. The number of rotatable bonds is 6. The maximum Gasteiger partial charge on any atom is 0.0666 e. The third-order valence-electron chi connectivity index (χ3n) is 3.88. The average Bonchev–Trinajstić information content (AvgIpc) is 2.54. The molecular formula is C20H26. The molecule has 0 heterocycles. The van der Waals surface area contributed by atoms with Crippen molar-refractivity contribution < 1.29 is 1.37 Å². The first-order valence-corrected chi connectivity index (χ1v) is 7.98. The highest BCUT2D eigenvalue weighted by atomic mass is 14.1. The van der Waals surface area contributed by atoms with Gasteiger partial charge in [0.1, 0.15) is 0 Å². The Balaban J connectivity index is 1.94. The molecule has 0 aromatic heterocycles. The van der Waals surface area contributed by atoms with E-state index in [-0.39, 0.29) is 0 Å². The molecule has 0 unspecified atom stereocenters. The Morgan fingerprint density at radius 1 is 1.30 bits per heavy atom. The van der Waals surface area contributed by atoms with E-state index in [0.717, 1.165) is 25.7 Å². The predicted octanol–water partition coefficient (Wildman–Crippen LogP) is 6.00. The molecule has 0 saturated heterocycles. The summed E-state index contributed by atoms with van der Waals surface area (Å²) < 4.78 is 8.15. The molecule has 0 nitrogen and oxygen atoms in total. The van der Waals surface area contributed by atoms with Gasteiger partial charge in [0.25, 0.3) is 0 Å². The van der Waals surface area contributed by atoms with Crippen molar-refractivity contribution in [1.82, 2.24) is 0 Å². The average molecular weight is 267 g/mol. The van der Waals surface area contributed by atoms with Crippen molar-refractivity contribution in [3.05, 3.63) is 64.9 Å². The van der Waals surface area contributed by atoms with Gasteiger partial charge in [-0.3, -0.25) is 0 Å². The zero-order valence-corrected chi connectivity index (χ0v) is 12.6. The second-order valence-electron chi connectivity index (χ2n) is 5.45. The zero-order chi connectivity index (χ0) is 14.9. The summed E-state index contributed by atoms with van der Waals surface area (Å²) in [5.41, 5.74) is 7.42. The fraction of sp³-hybridized carbons (Fsp3) is 0.450. The molecule has 0 bridgehead atoms. The van der Waals surface area contributed by atoms with Crippen LogP contribution in [0.5, 0.6) is 0 Å². The van der Waals surface area contributed by atoms with Gasteiger partial charge in [0.05, 0.1) is 1.37 Å². The SMILES string of the molecule is [2H]C(=C=C(CC)C1=CCCCC1)CCCc1ccccc1. The largest absolute Gasteiger partial charge is 0.121 e. The van der Waals surface area contributed by atoms with Crippen LogP contribution in [0.25, 0.3) is 0 Å². The number of hydrogen-bond donors (Lipinski definition) is 0. The fourth-order valence-electron chi connectivity index (χ4n) is 2.70. The minimum atomic E-state index is 0.661. The van der Waals surface area contributed by atoms with Crippen molar-refractivity contribution in [1.29, 1.82) is 0 Å². The number of allylic oxidation sites excluding steroid dienone is 3. The van der Waals surface area contributed by atoms with Gasteiger partial charge in [0.15, 0.2) is 0 Å². The molecule has 1 aromatic carbocycles. The molecule has 0 spiro atoms. The molecule has 0 fully saturated rings. The van der Waals surface area contributed by atoms with Gasteiger partial charge in [-0.1, -0.05) is 43.3 Å². The topological polar surface area (TPSA) is 0 Å². The van der Waals surface area contributed by atoms with Crippen LogP contribution in [0.15, 0.2) is 59.3 Å². The zero-order valence-electron chi connectivity index (χ0n) is 13.6. The molecule has 0 heteroatoms. The summed E-state index contributed by atoms with van der Waals surface area (Å²) in [6.07, 6.45) is 11.2. The summed E-state index contributed by atoms with van der Waals surface area (Å²) in [5.74, 6) is 0.